The van der Waals surface area contributed by atoms with Crippen LogP contribution in [-0.4, -0.2) is 64.3 Å². The zero-order valence-corrected chi connectivity index (χ0v) is 22.1. The quantitative estimate of drug-likeness (QED) is 0.208. The van der Waals surface area contributed by atoms with E-state index in [-0.39, 0.29) is 24.0 Å². The Kier molecular flexibility index (Phi) is 11.0. The van der Waals surface area contributed by atoms with Crippen LogP contribution in [0.2, 0.25) is 0 Å². The highest BCUT2D eigenvalue weighted by Crippen LogP contribution is 2.21. The highest BCUT2D eigenvalue weighted by Gasteiger charge is 2.24. The number of hydrogen-bond acceptors (Lipinski definition) is 4. The Morgan fingerprint density at radius 3 is 2.53 bits per heavy atom. The number of ether oxygens (including phenoxy) is 1. The molecule has 0 aromatic heterocycles. The Hall–Kier alpha value is -1.59. The van der Waals surface area contributed by atoms with Crippen molar-refractivity contribution in [3.63, 3.8) is 0 Å². The molecule has 3 rings (SSSR count). The van der Waals surface area contributed by atoms with Crippen molar-refractivity contribution in [2.24, 2.45) is 10.9 Å². The van der Waals surface area contributed by atoms with Gasteiger partial charge in [-0.3, -0.25) is 4.99 Å². The minimum atomic E-state index is -3.08. The second kappa shape index (κ2) is 13.2. The fraction of sp³-hybridized carbons (Fsp3) is 0.522. The van der Waals surface area contributed by atoms with Gasteiger partial charge in [-0.1, -0.05) is 30.3 Å². The van der Waals surface area contributed by atoms with Crippen molar-refractivity contribution in [2.75, 3.05) is 45.6 Å². The molecule has 0 saturated carbocycles. The van der Waals surface area contributed by atoms with Crippen LogP contribution < -0.4 is 15.4 Å². The number of aliphatic imine (C=N–C) groups is 1. The lowest BCUT2D eigenvalue weighted by molar-refractivity contribution is 0.280. The molecule has 0 radical (unpaired) electrons. The van der Waals surface area contributed by atoms with E-state index in [1.807, 2.05) is 25.1 Å². The molecule has 0 bridgehead atoms. The van der Waals surface area contributed by atoms with Gasteiger partial charge in [0.05, 0.1) is 12.9 Å². The molecule has 0 spiro atoms. The van der Waals surface area contributed by atoms with Crippen molar-refractivity contribution < 1.29 is 13.2 Å². The summed E-state index contributed by atoms with van der Waals surface area (Å²) in [5.41, 5.74) is 0. The second-order valence-electron chi connectivity index (χ2n) is 7.96. The van der Waals surface area contributed by atoms with E-state index in [1.165, 1.54) is 17.0 Å². The van der Waals surface area contributed by atoms with Crippen LogP contribution in [0.4, 0.5) is 0 Å². The molecule has 0 amide bonds. The number of nitrogens with zero attached hydrogens (tertiary/aromatic N) is 2. The van der Waals surface area contributed by atoms with Crippen molar-refractivity contribution in [2.45, 2.75) is 26.2 Å². The molecule has 1 saturated heterocycles. The van der Waals surface area contributed by atoms with Gasteiger partial charge in [-0.15, -0.1) is 24.0 Å². The molecule has 0 unspecified atom stereocenters. The zero-order valence-electron chi connectivity index (χ0n) is 18.9. The smallest absolute Gasteiger partial charge is 0.211 e. The number of piperidine rings is 1. The lowest BCUT2D eigenvalue weighted by Gasteiger charge is -2.29. The normalized spacial score (nSPS) is 15.9. The van der Waals surface area contributed by atoms with E-state index in [0.29, 0.717) is 32.2 Å². The summed E-state index contributed by atoms with van der Waals surface area (Å²) >= 11 is 0. The summed E-state index contributed by atoms with van der Waals surface area (Å²) in [6.07, 6.45) is 3.86. The van der Waals surface area contributed by atoms with Crippen LogP contribution in [0.5, 0.6) is 5.75 Å². The molecular weight excluding hydrogens is 539 g/mol. The molecule has 9 heteroatoms. The van der Waals surface area contributed by atoms with E-state index in [4.69, 9.17) is 9.73 Å². The minimum Gasteiger partial charge on any atom is -0.494 e. The van der Waals surface area contributed by atoms with Gasteiger partial charge >= 0.3 is 0 Å². The lowest BCUT2D eigenvalue weighted by atomic mass is 9.98. The Morgan fingerprint density at radius 2 is 1.84 bits per heavy atom. The fourth-order valence-corrected chi connectivity index (χ4v) is 4.59. The van der Waals surface area contributed by atoms with E-state index in [9.17, 15) is 8.42 Å². The van der Waals surface area contributed by atoms with Gasteiger partial charge in [-0.25, -0.2) is 12.7 Å². The van der Waals surface area contributed by atoms with Gasteiger partial charge in [0.1, 0.15) is 5.75 Å². The average Bonchev–Trinajstić information content (AvgIpc) is 2.76. The summed E-state index contributed by atoms with van der Waals surface area (Å²) in [5.74, 6) is 2.11. The lowest BCUT2D eigenvalue weighted by Crippen LogP contribution is -2.40. The average molecular weight is 575 g/mol. The maximum absolute atomic E-state index is 11.6. The molecule has 0 atom stereocenters. The first-order valence-electron chi connectivity index (χ1n) is 11.0. The van der Waals surface area contributed by atoms with Crippen LogP contribution in [0.1, 0.15) is 26.2 Å². The summed E-state index contributed by atoms with van der Waals surface area (Å²) in [6.45, 7) is 6.14. The molecule has 2 aromatic carbocycles. The van der Waals surface area contributed by atoms with Gasteiger partial charge in [0.2, 0.25) is 10.0 Å². The fourth-order valence-electron chi connectivity index (χ4n) is 3.71. The van der Waals surface area contributed by atoms with E-state index in [1.54, 1.807) is 4.31 Å². The highest BCUT2D eigenvalue weighted by molar-refractivity contribution is 14.0. The third-order valence-electron chi connectivity index (χ3n) is 5.50. The zero-order chi connectivity index (χ0) is 22.1. The maximum Gasteiger partial charge on any atom is 0.211 e. The van der Waals surface area contributed by atoms with Crippen molar-refractivity contribution in [3.8, 4) is 5.75 Å². The first kappa shape index (κ1) is 26.7. The van der Waals surface area contributed by atoms with Gasteiger partial charge in [0, 0.05) is 32.7 Å². The number of sulfonamides is 1. The topological polar surface area (TPSA) is 83.0 Å². The summed E-state index contributed by atoms with van der Waals surface area (Å²) in [6, 6.07) is 14.4. The molecule has 0 aliphatic carbocycles. The number of hydrogen-bond donors (Lipinski definition) is 2. The molecule has 1 heterocycles. The predicted molar refractivity (Wildman–Crippen MR) is 143 cm³/mol. The van der Waals surface area contributed by atoms with E-state index in [0.717, 1.165) is 44.1 Å². The summed E-state index contributed by atoms with van der Waals surface area (Å²) in [5, 5.41) is 9.03. The Labute approximate surface area is 209 Å². The Balaban J connectivity index is 0.00000363. The number of fused-ring (bicyclic) bond motifs is 1. The van der Waals surface area contributed by atoms with Gasteiger partial charge in [-0.2, -0.15) is 0 Å². The predicted octanol–water partition coefficient (Wildman–Crippen LogP) is 3.45. The summed E-state index contributed by atoms with van der Waals surface area (Å²) in [4.78, 5) is 4.70. The summed E-state index contributed by atoms with van der Waals surface area (Å²) < 4.78 is 30.7. The molecule has 2 aromatic rings. The third-order valence-corrected chi connectivity index (χ3v) is 6.80. The van der Waals surface area contributed by atoms with Gasteiger partial charge in [0.25, 0.3) is 0 Å². The van der Waals surface area contributed by atoms with E-state index < -0.39 is 10.0 Å². The second-order valence-corrected chi connectivity index (χ2v) is 9.95. The number of nitrogens with one attached hydrogen (secondary N) is 2. The molecule has 7 nitrogen and oxygen atoms in total. The van der Waals surface area contributed by atoms with Crippen LogP contribution in [-0.2, 0) is 10.0 Å². The van der Waals surface area contributed by atoms with E-state index >= 15 is 0 Å². The molecule has 178 valence electrons. The molecule has 1 aliphatic heterocycles. The third kappa shape index (κ3) is 8.40. The highest BCUT2D eigenvalue weighted by atomic mass is 127. The van der Waals surface area contributed by atoms with E-state index in [2.05, 4.69) is 34.9 Å². The van der Waals surface area contributed by atoms with Crippen LogP contribution in [0.3, 0.4) is 0 Å². The minimum absolute atomic E-state index is 0. The number of benzene rings is 2. The molecule has 1 fully saturated rings. The molecular formula is C23H35IN4O3S. The largest absolute Gasteiger partial charge is 0.494 e. The monoisotopic (exact) mass is 574 g/mol. The number of halogens is 1. The van der Waals surface area contributed by atoms with Gasteiger partial charge in [-0.05, 0) is 55.0 Å². The summed E-state index contributed by atoms with van der Waals surface area (Å²) in [7, 11) is -3.08. The van der Waals surface area contributed by atoms with Crippen molar-refractivity contribution in [1.82, 2.24) is 14.9 Å². The van der Waals surface area contributed by atoms with Crippen LogP contribution in [0.15, 0.2) is 47.5 Å². The number of rotatable bonds is 9. The first-order valence-corrected chi connectivity index (χ1v) is 12.9. The standard InChI is InChI=1S/C23H34N4O3S.HI/c1-3-24-23(26-18-19-11-14-27(15-12-19)31(2,28)29)25-13-6-16-30-22-10-9-20-7-4-5-8-21(20)17-22;/h4-5,7-10,17,19H,3,6,11-16,18H2,1-2H3,(H2,24,25,26);1H. The Morgan fingerprint density at radius 1 is 1.12 bits per heavy atom. The van der Waals surface area contributed by atoms with Crippen molar-refractivity contribution >= 4 is 50.7 Å². The number of guanidine groups is 1. The van der Waals surface area contributed by atoms with Crippen molar-refractivity contribution in [1.29, 1.82) is 0 Å². The maximum atomic E-state index is 11.6. The van der Waals surface area contributed by atoms with Crippen LogP contribution >= 0.6 is 24.0 Å². The van der Waals surface area contributed by atoms with Gasteiger partial charge in [0.15, 0.2) is 5.96 Å². The van der Waals surface area contributed by atoms with Crippen molar-refractivity contribution in [3.05, 3.63) is 42.5 Å². The molecule has 32 heavy (non-hydrogen) atoms. The van der Waals surface area contributed by atoms with Crippen LogP contribution in [0, 0.1) is 5.92 Å². The SMILES string of the molecule is CCNC(=NCC1CCN(S(C)(=O)=O)CC1)NCCCOc1ccc2ccccc2c1.I. The van der Waals surface area contributed by atoms with Crippen LogP contribution in [0.25, 0.3) is 10.8 Å². The molecule has 2 N–H and O–H groups in total. The van der Waals surface area contributed by atoms with Gasteiger partial charge < -0.3 is 15.4 Å². The Bertz CT molecular complexity index is 976. The first-order chi connectivity index (χ1) is 15.0. The molecule has 1 aliphatic rings.